The van der Waals surface area contributed by atoms with Crippen molar-refractivity contribution in [3.8, 4) is 6.07 Å². The molecule has 1 amide bonds. The zero-order chi connectivity index (χ0) is 15.9. The van der Waals surface area contributed by atoms with Crippen molar-refractivity contribution in [3.63, 3.8) is 0 Å². The van der Waals surface area contributed by atoms with Crippen LogP contribution in [0, 0.1) is 17.2 Å². The Morgan fingerprint density at radius 3 is 2.55 bits per heavy atom. The van der Waals surface area contributed by atoms with E-state index in [0.717, 1.165) is 32.1 Å². The highest BCUT2D eigenvalue weighted by Crippen LogP contribution is 2.29. The molecule has 5 heteroatoms. The molecule has 0 aliphatic heterocycles. The summed E-state index contributed by atoms with van der Waals surface area (Å²) in [5.74, 6) is -1.06. The highest BCUT2D eigenvalue weighted by Gasteiger charge is 2.28. The molecule has 0 heterocycles. The lowest BCUT2D eigenvalue weighted by Crippen LogP contribution is -2.39. The van der Waals surface area contributed by atoms with E-state index in [9.17, 15) is 14.9 Å². The van der Waals surface area contributed by atoms with Crippen LogP contribution in [0.5, 0.6) is 0 Å². The Hall–Kier alpha value is -2.35. The third-order valence-corrected chi connectivity index (χ3v) is 4.09. The molecule has 1 fully saturated rings. The molecule has 0 atom stereocenters. The number of para-hydroxylation sites is 1. The van der Waals surface area contributed by atoms with E-state index in [1.165, 1.54) is 4.90 Å². The zero-order valence-electron chi connectivity index (χ0n) is 12.5. The summed E-state index contributed by atoms with van der Waals surface area (Å²) in [7, 11) is 0. The number of amides is 1. The Labute approximate surface area is 130 Å². The van der Waals surface area contributed by atoms with Crippen LogP contribution < -0.4 is 4.90 Å². The van der Waals surface area contributed by atoms with Crippen molar-refractivity contribution in [2.24, 2.45) is 5.92 Å². The maximum atomic E-state index is 12.8. The molecule has 22 heavy (non-hydrogen) atoms. The van der Waals surface area contributed by atoms with Gasteiger partial charge in [0.25, 0.3) is 0 Å². The fourth-order valence-corrected chi connectivity index (χ4v) is 2.93. The van der Waals surface area contributed by atoms with Crippen molar-refractivity contribution in [3.05, 3.63) is 29.8 Å². The maximum Gasteiger partial charge on any atom is 0.305 e. The summed E-state index contributed by atoms with van der Waals surface area (Å²) >= 11 is 0. The number of hydrogen-bond acceptors (Lipinski definition) is 3. The van der Waals surface area contributed by atoms with Crippen LogP contribution in [0.15, 0.2) is 24.3 Å². The van der Waals surface area contributed by atoms with E-state index in [0.29, 0.717) is 11.3 Å². The first-order valence-corrected chi connectivity index (χ1v) is 7.65. The highest BCUT2D eigenvalue weighted by molar-refractivity contribution is 5.96. The average Bonchev–Trinajstić information content (AvgIpc) is 2.55. The summed E-state index contributed by atoms with van der Waals surface area (Å²) in [4.78, 5) is 25.2. The standard InChI is InChI=1S/C17H20N2O3/c18-12-14-8-4-5-9-15(14)19(11-10-16(20)21)17(22)13-6-2-1-3-7-13/h4-5,8-9,13H,1-3,6-7,10-11H2,(H,20,21). The van der Waals surface area contributed by atoms with Crippen molar-refractivity contribution < 1.29 is 14.7 Å². The summed E-state index contributed by atoms with van der Waals surface area (Å²) in [5, 5.41) is 18.2. The molecule has 0 spiro atoms. The molecule has 1 aromatic rings. The second kappa shape index (κ2) is 7.60. The molecule has 116 valence electrons. The van der Waals surface area contributed by atoms with Gasteiger partial charge in [-0.25, -0.2) is 0 Å². The molecule has 1 aliphatic rings. The second-order valence-electron chi connectivity index (χ2n) is 5.60. The van der Waals surface area contributed by atoms with Gasteiger partial charge in [0.1, 0.15) is 6.07 Å². The van der Waals surface area contributed by atoms with Gasteiger partial charge in [-0.15, -0.1) is 0 Å². The molecular formula is C17H20N2O3. The summed E-state index contributed by atoms with van der Waals surface area (Å²) in [6, 6.07) is 8.94. The summed E-state index contributed by atoms with van der Waals surface area (Å²) in [6.07, 6.45) is 4.77. The normalized spacial score (nSPS) is 15.0. The van der Waals surface area contributed by atoms with E-state index >= 15 is 0 Å². The van der Waals surface area contributed by atoms with Gasteiger partial charge < -0.3 is 10.0 Å². The second-order valence-corrected chi connectivity index (χ2v) is 5.60. The van der Waals surface area contributed by atoms with E-state index in [-0.39, 0.29) is 24.8 Å². The van der Waals surface area contributed by atoms with Crippen LogP contribution in [0.1, 0.15) is 44.1 Å². The average molecular weight is 300 g/mol. The zero-order valence-corrected chi connectivity index (χ0v) is 12.5. The number of carboxylic acids is 1. The number of nitrogens with zero attached hydrogens (tertiary/aromatic N) is 2. The largest absolute Gasteiger partial charge is 0.481 e. The quantitative estimate of drug-likeness (QED) is 0.906. The maximum absolute atomic E-state index is 12.8. The van der Waals surface area contributed by atoms with Crippen LogP contribution in [0.25, 0.3) is 0 Å². The third-order valence-electron chi connectivity index (χ3n) is 4.09. The van der Waals surface area contributed by atoms with Gasteiger partial charge in [0.05, 0.1) is 17.7 Å². The highest BCUT2D eigenvalue weighted by atomic mass is 16.4. The number of carboxylic acid groups (broad SMARTS) is 1. The van der Waals surface area contributed by atoms with Crippen LogP contribution in [-0.2, 0) is 9.59 Å². The number of carbonyl (C=O) groups excluding carboxylic acids is 1. The summed E-state index contributed by atoms with van der Waals surface area (Å²) < 4.78 is 0. The molecule has 0 radical (unpaired) electrons. The van der Waals surface area contributed by atoms with Crippen LogP contribution in [0.2, 0.25) is 0 Å². The van der Waals surface area contributed by atoms with E-state index in [1.54, 1.807) is 24.3 Å². The minimum absolute atomic E-state index is 0.0522. The number of rotatable bonds is 5. The van der Waals surface area contributed by atoms with E-state index in [1.807, 2.05) is 0 Å². The van der Waals surface area contributed by atoms with Crippen molar-refractivity contribution in [1.82, 2.24) is 0 Å². The van der Waals surface area contributed by atoms with Crippen molar-refractivity contribution in [2.75, 3.05) is 11.4 Å². The van der Waals surface area contributed by atoms with Crippen LogP contribution in [0.4, 0.5) is 5.69 Å². The van der Waals surface area contributed by atoms with Crippen molar-refractivity contribution >= 4 is 17.6 Å². The molecule has 1 N–H and O–H groups in total. The first-order chi connectivity index (χ1) is 10.6. The van der Waals surface area contributed by atoms with Gasteiger partial charge in [-0.2, -0.15) is 5.26 Å². The van der Waals surface area contributed by atoms with Gasteiger partial charge in [-0.1, -0.05) is 31.4 Å². The molecule has 0 unspecified atom stereocenters. The fourth-order valence-electron chi connectivity index (χ4n) is 2.93. The van der Waals surface area contributed by atoms with E-state index in [4.69, 9.17) is 5.11 Å². The molecule has 1 aromatic carbocycles. The molecule has 0 bridgehead atoms. The van der Waals surface area contributed by atoms with E-state index < -0.39 is 5.97 Å². The number of aliphatic carboxylic acids is 1. The Morgan fingerprint density at radius 2 is 1.91 bits per heavy atom. The van der Waals surface area contributed by atoms with Gasteiger partial charge in [0.15, 0.2) is 0 Å². The number of anilines is 1. The monoisotopic (exact) mass is 300 g/mol. The Kier molecular flexibility index (Phi) is 5.54. The smallest absolute Gasteiger partial charge is 0.305 e. The molecule has 1 saturated carbocycles. The predicted molar refractivity (Wildman–Crippen MR) is 82.3 cm³/mol. The van der Waals surface area contributed by atoms with Gasteiger partial charge in [-0.05, 0) is 25.0 Å². The lowest BCUT2D eigenvalue weighted by atomic mass is 9.88. The Morgan fingerprint density at radius 1 is 1.23 bits per heavy atom. The van der Waals surface area contributed by atoms with Crippen molar-refractivity contribution in [2.45, 2.75) is 38.5 Å². The molecular weight excluding hydrogens is 280 g/mol. The molecule has 1 aliphatic carbocycles. The topological polar surface area (TPSA) is 81.4 Å². The lowest BCUT2D eigenvalue weighted by Gasteiger charge is -2.29. The SMILES string of the molecule is N#Cc1ccccc1N(CCC(=O)O)C(=O)C1CCCCC1. The Bertz CT molecular complexity index is 586. The first-order valence-electron chi connectivity index (χ1n) is 7.65. The predicted octanol–water partition coefficient (Wildman–Crippen LogP) is 2.95. The summed E-state index contributed by atoms with van der Waals surface area (Å²) in [6.45, 7) is 0.101. The third kappa shape index (κ3) is 3.85. The lowest BCUT2D eigenvalue weighted by molar-refractivity contribution is -0.136. The molecule has 0 saturated heterocycles. The van der Waals surface area contributed by atoms with Gasteiger partial charge in [0, 0.05) is 12.5 Å². The molecule has 5 nitrogen and oxygen atoms in total. The number of nitriles is 1. The molecule has 2 rings (SSSR count). The number of hydrogen-bond donors (Lipinski definition) is 1. The van der Waals surface area contributed by atoms with Crippen LogP contribution in [0.3, 0.4) is 0 Å². The van der Waals surface area contributed by atoms with Gasteiger partial charge in [-0.3, -0.25) is 9.59 Å². The van der Waals surface area contributed by atoms with Gasteiger partial charge in [0.2, 0.25) is 5.91 Å². The van der Waals surface area contributed by atoms with Gasteiger partial charge >= 0.3 is 5.97 Å². The van der Waals surface area contributed by atoms with Crippen LogP contribution in [-0.4, -0.2) is 23.5 Å². The van der Waals surface area contributed by atoms with E-state index in [2.05, 4.69) is 6.07 Å². The molecule has 0 aromatic heterocycles. The minimum atomic E-state index is -0.948. The summed E-state index contributed by atoms with van der Waals surface area (Å²) in [5.41, 5.74) is 0.916. The number of carbonyl (C=O) groups is 2. The Balaban J connectivity index is 2.27. The minimum Gasteiger partial charge on any atom is -0.481 e. The fraction of sp³-hybridized carbons (Fsp3) is 0.471. The number of benzene rings is 1. The van der Waals surface area contributed by atoms with Crippen molar-refractivity contribution in [1.29, 1.82) is 5.26 Å². The van der Waals surface area contributed by atoms with Crippen LogP contribution >= 0.6 is 0 Å². The first kappa shape index (κ1) is 16.0.